The van der Waals surface area contributed by atoms with Gasteiger partial charge in [0.25, 0.3) is 0 Å². The molecule has 0 aliphatic rings. The van der Waals surface area contributed by atoms with Crippen molar-refractivity contribution in [2.45, 2.75) is 90.9 Å². The third-order valence-electron chi connectivity index (χ3n) is 5.31. The molecule has 0 amide bonds. The fraction of sp³-hybridized carbons (Fsp3) is 0.571. The number of carbonyl (C=O) groups excluding carboxylic acids is 2. The number of benzene rings is 1. The minimum atomic E-state index is -0.444. The van der Waals surface area contributed by atoms with Crippen molar-refractivity contribution >= 4 is 11.9 Å². The van der Waals surface area contributed by atoms with Crippen LogP contribution in [0, 0.1) is 0 Å². The zero-order chi connectivity index (χ0) is 24.7. The number of unbranched alkanes of at least 4 members (excludes halogenated alkanes) is 10. The summed E-state index contributed by atoms with van der Waals surface area (Å²) in [4.78, 5) is 32.1. The molecule has 6 heteroatoms. The van der Waals surface area contributed by atoms with Crippen molar-refractivity contribution in [1.82, 2.24) is 9.97 Å². The van der Waals surface area contributed by atoms with Gasteiger partial charge in [-0.2, -0.15) is 0 Å². The van der Waals surface area contributed by atoms with Crippen LogP contribution in [0.2, 0.25) is 0 Å². The molecule has 34 heavy (non-hydrogen) atoms. The molecule has 0 bridgehead atoms. The van der Waals surface area contributed by atoms with Gasteiger partial charge >= 0.3 is 11.9 Å². The molecule has 188 valence electrons. The smallest absolute Gasteiger partial charge is 0.339 e. The summed E-state index contributed by atoms with van der Waals surface area (Å²) in [5, 5.41) is 0. The third-order valence-corrected chi connectivity index (χ3v) is 5.31. The second-order valence-corrected chi connectivity index (χ2v) is 8.26. The summed E-state index contributed by atoms with van der Waals surface area (Å²) in [5.41, 5.74) is 0.586. The zero-order valence-electron chi connectivity index (χ0n) is 21.0. The Morgan fingerprint density at radius 3 is 1.38 bits per heavy atom. The summed E-state index contributed by atoms with van der Waals surface area (Å²) in [6.45, 7) is 5.17. The van der Waals surface area contributed by atoms with E-state index in [1.807, 2.05) is 0 Å². The largest absolute Gasteiger partial charge is 0.462 e. The number of nitrogens with zero attached hydrogens (tertiary/aromatic N) is 2. The molecule has 0 spiro atoms. The number of rotatable bonds is 16. The molecule has 0 fully saturated rings. The SMILES string of the molecule is CCCCCCCCOC(=O)c1ccccc1C(=O)OCCCCCCCC.c1cncnc1. The van der Waals surface area contributed by atoms with Crippen LogP contribution in [0.3, 0.4) is 0 Å². The van der Waals surface area contributed by atoms with Crippen molar-refractivity contribution in [3.05, 3.63) is 60.2 Å². The first-order chi connectivity index (χ1) is 16.7. The van der Waals surface area contributed by atoms with Crippen LogP contribution in [-0.2, 0) is 9.47 Å². The second kappa shape index (κ2) is 20.8. The maximum absolute atomic E-state index is 12.4. The Labute approximate surface area is 205 Å². The molecule has 0 saturated carbocycles. The molecule has 0 saturated heterocycles. The van der Waals surface area contributed by atoms with Crippen LogP contribution in [0.5, 0.6) is 0 Å². The normalized spacial score (nSPS) is 10.2. The predicted octanol–water partition coefficient (Wildman–Crippen LogP) is 7.20. The van der Waals surface area contributed by atoms with E-state index < -0.39 is 11.9 Å². The van der Waals surface area contributed by atoms with E-state index in [2.05, 4.69) is 23.8 Å². The van der Waals surface area contributed by atoms with Crippen LogP contribution >= 0.6 is 0 Å². The lowest BCUT2D eigenvalue weighted by Gasteiger charge is -2.10. The molecule has 0 unspecified atom stereocenters. The summed E-state index contributed by atoms with van der Waals surface area (Å²) in [6.07, 6.45) is 18.5. The number of ether oxygens (including phenoxy) is 2. The van der Waals surface area contributed by atoms with E-state index in [1.54, 1.807) is 42.7 Å². The van der Waals surface area contributed by atoms with Gasteiger partial charge in [0.15, 0.2) is 0 Å². The Kier molecular flexibility index (Phi) is 17.9. The topological polar surface area (TPSA) is 78.4 Å². The van der Waals surface area contributed by atoms with Crippen molar-refractivity contribution in [3.8, 4) is 0 Å². The Bertz CT molecular complexity index is 692. The Morgan fingerprint density at radius 1 is 0.618 bits per heavy atom. The molecular formula is C28H42N2O4. The van der Waals surface area contributed by atoms with E-state index in [0.29, 0.717) is 24.3 Å². The van der Waals surface area contributed by atoms with E-state index in [9.17, 15) is 9.59 Å². The Morgan fingerprint density at radius 2 is 1.03 bits per heavy atom. The summed E-state index contributed by atoms with van der Waals surface area (Å²) in [7, 11) is 0. The van der Waals surface area contributed by atoms with Crippen LogP contribution in [0.1, 0.15) is 112 Å². The van der Waals surface area contributed by atoms with E-state index in [1.165, 1.54) is 57.7 Å². The van der Waals surface area contributed by atoms with Crippen molar-refractivity contribution < 1.29 is 19.1 Å². The quantitative estimate of drug-likeness (QED) is 0.191. The Hall–Kier alpha value is -2.76. The summed E-state index contributed by atoms with van der Waals surface area (Å²) in [6, 6.07) is 8.52. The molecule has 0 atom stereocenters. The minimum Gasteiger partial charge on any atom is -0.462 e. The fourth-order valence-corrected chi connectivity index (χ4v) is 3.34. The molecule has 2 aromatic rings. The van der Waals surface area contributed by atoms with Gasteiger partial charge in [0.05, 0.1) is 24.3 Å². The first-order valence-electron chi connectivity index (χ1n) is 12.8. The lowest BCUT2D eigenvalue weighted by Crippen LogP contribution is -2.15. The maximum Gasteiger partial charge on any atom is 0.339 e. The molecule has 1 aromatic heterocycles. The second-order valence-electron chi connectivity index (χ2n) is 8.26. The number of hydrogen-bond donors (Lipinski definition) is 0. The summed E-state index contributed by atoms with van der Waals surface area (Å²) in [5.74, 6) is -0.888. The predicted molar refractivity (Wildman–Crippen MR) is 136 cm³/mol. The molecule has 0 radical (unpaired) electrons. The highest BCUT2D eigenvalue weighted by atomic mass is 16.5. The zero-order valence-corrected chi connectivity index (χ0v) is 21.0. The molecule has 6 nitrogen and oxygen atoms in total. The van der Waals surface area contributed by atoms with E-state index >= 15 is 0 Å². The van der Waals surface area contributed by atoms with Crippen LogP contribution in [0.25, 0.3) is 0 Å². The molecular weight excluding hydrogens is 428 g/mol. The molecule has 0 N–H and O–H groups in total. The third kappa shape index (κ3) is 14.4. The number of esters is 2. The minimum absolute atomic E-state index is 0.293. The Balaban J connectivity index is 0.000000830. The highest BCUT2D eigenvalue weighted by molar-refractivity contribution is 6.03. The number of carbonyl (C=O) groups is 2. The maximum atomic E-state index is 12.4. The van der Waals surface area contributed by atoms with Crippen molar-refractivity contribution in [3.63, 3.8) is 0 Å². The van der Waals surface area contributed by atoms with Gasteiger partial charge in [0, 0.05) is 12.4 Å². The van der Waals surface area contributed by atoms with Gasteiger partial charge in [0.1, 0.15) is 6.33 Å². The van der Waals surface area contributed by atoms with Gasteiger partial charge < -0.3 is 9.47 Å². The molecule has 0 aliphatic carbocycles. The first-order valence-corrected chi connectivity index (χ1v) is 12.8. The molecule has 1 heterocycles. The van der Waals surface area contributed by atoms with Crippen molar-refractivity contribution in [2.24, 2.45) is 0 Å². The van der Waals surface area contributed by atoms with Crippen LogP contribution in [-0.4, -0.2) is 35.1 Å². The summed E-state index contributed by atoms with van der Waals surface area (Å²) < 4.78 is 10.7. The number of hydrogen-bond acceptors (Lipinski definition) is 6. The van der Waals surface area contributed by atoms with E-state index in [0.717, 1.165) is 25.7 Å². The number of aromatic nitrogens is 2. The molecule has 1 aromatic carbocycles. The average Bonchev–Trinajstić information content (AvgIpc) is 2.88. The first kappa shape index (κ1) is 29.3. The standard InChI is InChI=1S/C24H38O4.C4H4N2/c1-3-5-7-9-11-15-19-27-23(25)21-17-13-14-18-22(21)24(26)28-20-16-12-10-8-6-4-2;1-2-5-4-6-3-1/h13-14,17-18H,3-12,15-16,19-20H2,1-2H3;1-4H. The van der Waals surface area contributed by atoms with E-state index in [-0.39, 0.29) is 0 Å². The summed E-state index contributed by atoms with van der Waals surface area (Å²) >= 11 is 0. The monoisotopic (exact) mass is 470 g/mol. The van der Waals surface area contributed by atoms with E-state index in [4.69, 9.17) is 9.47 Å². The van der Waals surface area contributed by atoms with Crippen molar-refractivity contribution in [1.29, 1.82) is 0 Å². The average molecular weight is 471 g/mol. The molecule has 0 aliphatic heterocycles. The van der Waals surface area contributed by atoms with Crippen LogP contribution in [0.15, 0.2) is 49.1 Å². The van der Waals surface area contributed by atoms with Gasteiger partial charge in [-0.15, -0.1) is 0 Å². The van der Waals surface area contributed by atoms with Crippen LogP contribution < -0.4 is 0 Å². The van der Waals surface area contributed by atoms with Crippen molar-refractivity contribution in [2.75, 3.05) is 13.2 Å². The lowest BCUT2D eigenvalue weighted by atomic mass is 10.1. The van der Waals surface area contributed by atoms with Gasteiger partial charge in [-0.05, 0) is 31.0 Å². The van der Waals surface area contributed by atoms with Crippen LogP contribution in [0.4, 0.5) is 0 Å². The lowest BCUT2D eigenvalue weighted by molar-refractivity contribution is 0.0450. The van der Waals surface area contributed by atoms with Gasteiger partial charge in [0.2, 0.25) is 0 Å². The fourth-order valence-electron chi connectivity index (χ4n) is 3.34. The van der Waals surface area contributed by atoms with Gasteiger partial charge in [-0.25, -0.2) is 19.6 Å². The van der Waals surface area contributed by atoms with Gasteiger partial charge in [-0.3, -0.25) is 0 Å². The highest BCUT2D eigenvalue weighted by Gasteiger charge is 2.18. The van der Waals surface area contributed by atoms with Gasteiger partial charge in [-0.1, -0.05) is 90.2 Å². The molecule has 2 rings (SSSR count). The highest BCUT2D eigenvalue weighted by Crippen LogP contribution is 2.14.